The summed E-state index contributed by atoms with van der Waals surface area (Å²) < 4.78 is 24.2. The van der Waals surface area contributed by atoms with Gasteiger partial charge in [-0.1, -0.05) is 36.4 Å². The summed E-state index contributed by atoms with van der Waals surface area (Å²) in [4.78, 5) is 27.6. The maximum absolute atomic E-state index is 13.5. The van der Waals surface area contributed by atoms with E-state index >= 15 is 0 Å². The van der Waals surface area contributed by atoms with Crippen molar-refractivity contribution in [2.75, 3.05) is 6.79 Å². The van der Waals surface area contributed by atoms with Crippen LogP contribution in [0.4, 0.5) is 4.39 Å². The van der Waals surface area contributed by atoms with Crippen LogP contribution in [0.1, 0.15) is 39.5 Å². The fourth-order valence-corrected chi connectivity index (χ4v) is 4.12. The van der Waals surface area contributed by atoms with Crippen molar-refractivity contribution < 1.29 is 23.5 Å². The number of amides is 2. The number of hydrogen-bond acceptors (Lipinski definition) is 4. The molecule has 0 saturated carbocycles. The number of carbonyl (C=O) groups is 2. The van der Waals surface area contributed by atoms with Gasteiger partial charge in [0.25, 0.3) is 5.91 Å². The molecule has 5 rings (SSSR count). The van der Waals surface area contributed by atoms with Crippen LogP contribution in [0.25, 0.3) is 0 Å². The van der Waals surface area contributed by atoms with Crippen LogP contribution in [0, 0.1) is 5.82 Å². The topological polar surface area (TPSA) is 67.9 Å². The zero-order chi connectivity index (χ0) is 22.1. The predicted molar refractivity (Wildman–Crippen MR) is 114 cm³/mol. The lowest BCUT2D eigenvalue weighted by molar-refractivity contribution is -0.122. The van der Waals surface area contributed by atoms with E-state index in [1.807, 2.05) is 36.4 Å². The van der Waals surface area contributed by atoms with Crippen molar-refractivity contribution in [2.24, 2.45) is 0 Å². The number of nitrogens with zero attached hydrogens (tertiary/aromatic N) is 1. The lowest BCUT2D eigenvalue weighted by Gasteiger charge is -2.28. The first-order chi connectivity index (χ1) is 15.6. The lowest BCUT2D eigenvalue weighted by Crippen LogP contribution is -2.34. The van der Waals surface area contributed by atoms with Gasteiger partial charge in [-0.15, -0.1) is 0 Å². The summed E-state index contributed by atoms with van der Waals surface area (Å²) in [5, 5.41) is 2.91. The second kappa shape index (κ2) is 8.34. The third kappa shape index (κ3) is 3.89. The molecule has 2 aliphatic rings. The molecule has 0 fully saturated rings. The summed E-state index contributed by atoms with van der Waals surface area (Å²) in [6.45, 7) is 0.920. The van der Waals surface area contributed by atoms with E-state index in [0.717, 1.165) is 11.1 Å². The van der Waals surface area contributed by atoms with Crippen LogP contribution in [-0.2, 0) is 17.9 Å². The highest BCUT2D eigenvalue weighted by Gasteiger charge is 2.34. The Bertz CT molecular complexity index is 1180. The summed E-state index contributed by atoms with van der Waals surface area (Å²) in [5.74, 6) is 0.639. The van der Waals surface area contributed by atoms with Crippen molar-refractivity contribution in [1.82, 2.24) is 10.2 Å². The van der Waals surface area contributed by atoms with Crippen LogP contribution < -0.4 is 14.8 Å². The summed E-state index contributed by atoms with van der Waals surface area (Å²) in [6, 6.07) is 18.4. The van der Waals surface area contributed by atoms with Gasteiger partial charge < -0.3 is 19.7 Å². The van der Waals surface area contributed by atoms with Gasteiger partial charge in [0.05, 0.1) is 12.5 Å². The van der Waals surface area contributed by atoms with E-state index in [1.165, 1.54) is 12.1 Å². The molecule has 3 aromatic rings. The fourth-order valence-electron chi connectivity index (χ4n) is 4.12. The third-order valence-corrected chi connectivity index (χ3v) is 5.79. The number of nitrogens with one attached hydrogen (secondary N) is 1. The van der Waals surface area contributed by atoms with Crippen molar-refractivity contribution in [3.8, 4) is 11.5 Å². The van der Waals surface area contributed by atoms with Crippen LogP contribution in [0.2, 0.25) is 0 Å². The van der Waals surface area contributed by atoms with Gasteiger partial charge in [0, 0.05) is 18.7 Å². The molecular formula is C25H21FN2O4. The average molecular weight is 432 g/mol. The zero-order valence-electron chi connectivity index (χ0n) is 17.2. The van der Waals surface area contributed by atoms with E-state index < -0.39 is 6.04 Å². The molecule has 1 atom stereocenters. The quantitative estimate of drug-likeness (QED) is 0.640. The molecule has 0 spiro atoms. The van der Waals surface area contributed by atoms with Crippen molar-refractivity contribution in [3.05, 3.63) is 94.8 Å². The fraction of sp³-hybridized carbons (Fsp3) is 0.200. The minimum Gasteiger partial charge on any atom is -0.454 e. The van der Waals surface area contributed by atoms with E-state index in [2.05, 4.69) is 5.32 Å². The molecule has 2 amide bonds. The number of carbonyl (C=O) groups excluding carboxylic acids is 2. The molecule has 0 aromatic heterocycles. The lowest BCUT2D eigenvalue weighted by atomic mass is 10.0. The Balaban J connectivity index is 1.32. The molecule has 0 aliphatic carbocycles. The SMILES string of the molecule is O=C(CC(c1ccc(F)cc1)N1Cc2ccccc2C1=O)NCc1ccc2c(c1)OCO2. The van der Waals surface area contributed by atoms with Crippen LogP contribution in [0.5, 0.6) is 11.5 Å². The first-order valence-corrected chi connectivity index (χ1v) is 10.4. The normalized spacial score (nSPS) is 14.9. The first kappa shape index (κ1) is 20.1. The summed E-state index contributed by atoms with van der Waals surface area (Å²) in [5.41, 5.74) is 3.15. The van der Waals surface area contributed by atoms with Crippen molar-refractivity contribution in [2.45, 2.75) is 25.6 Å². The van der Waals surface area contributed by atoms with E-state index in [-0.39, 0.29) is 30.8 Å². The molecule has 3 aromatic carbocycles. The highest BCUT2D eigenvalue weighted by Crippen LogP contribution is 2.34. The highest BCUT2D eigenvalue weighted by molar-refractivity contribution is 5.98. The van der Waals surface area contributed by atoms with E-state index in [9.17, 15) is 14.0 Å². The third-order valence-electron chi connectivity index (χ3n) is 5.79. The Hall–Kier alpha value is -3.87. The smallest absolute Gasteiger partial charge is 0.255 e. The molecule has 32 heavy (non-hydrogen) atoms. The Morgan fingerprint density at radius 1 is 1.03 bits per heavy atom. The van der Waals surface area contributed by atoms with Gasteiger partial charge in [0.1, 0.15) is 5.82 Å². The van der Waals surface area contributed by atoms with Gasteiger partial charge in [-0.05, 0) is 47.0 Å². The Morgan fingerprint density at radius 3 is 2.62 bits per heavy atom. The number of halogens is 1. The molecular weight excluding hydrogens is 411 g/mol. The maximum atomic E-state index is 13.5. The van der Waals surface area contributed by atoms with Crippen LogP contribution in [-0.4, -0.2) is 23.5 Å². The molecule has 2 heterocycles. The Morgan fingerprint density at radius 2 is 1.81 bits per heavy atom. The Kier molecular flexibility index (Phi) is 5.23. The molecule has 0 radical (unpaired) electrons. The van der Waals surface area contributed by atoms with Crippen molar-refractivity contribution >= 4 is 11.8 Å². The zero-order valence-corrected chi connectivity index (χ0v) is 17.2. The van der Waals surface area contributed by atoms with Gasteiger partial charge >= 0.3 is 0 Å². The molecule has 0 bridgehead atoms. The molecule has 0 saturated heterocycles. The Labute approximate surface area is 184 Å². The van der Waals surface area contributed by atoms with Gasteiger partial charge in [0.2, 0.25) is 12.7 Å². The highest BCUT2D eigenvalue weighted by atomic mass is 19.1. The average Bonchev–Trinajstić information content (AvgIpc) is 3.41. The number of hydrogen-bond donors (Lipinski definition) is 1. The summed E-state index contributed by atoms with van der Waals surface area (Å²) in [7, 11) is 0. The number of fused-ring (bicyclic) bond motifs is 2. The largest absolute Gasteiger partial charge is 0.454 e. The predicted octanol–water partition coefficient (Wildman–Crippen LogP) is 3.96. The minimum absolute atomic E-state index is 0.0654. The number of benzene rings is 3. The summed E-state index contributed by atoms with van der Waals surface area (Å²) in [6.07, 6.45) is 0.0654. The van der Waals surface area contributed by atoms with Crippen LogP contribution in [0.15, 0.2) is 66.7 Å². The molecule has 1 N–H and O–H groups in total. The van der Waals surface area contributed by atoms with E-state index in [4.69, 9.17) is 9.47 Å². The van der Waals surface area contributed by atoms with E-state index in [1.54, 1.807) is 23.1 Å². The summed E-state index contributed by atoms with van der Waals surface area (Å²) >= 11 is 0. The molecule has 6 nitrogen and oxygen atoms in total. The number of ether oxygens (including phenoxy) is 2. The molecule has 2 aliphatic heterocycles. The van der Waals surface area contributed by atoms with Crippen molar-refractivity contribution in [1.29, 1.82) is 0 Å². The minimum atomic E-state index is -0.507. The van der Waals surface area contributed by atoms with E-state index in [0.29, 0.717) is 35.7 Å². The maximum Gasteiger partial charge on any atom is 0.255 e. The van der Waals surface area contributed by atoms with Gasteiger partial charge in [0.15, 0.2) is 11.5 Å². The molecule has 7 heteroatoms. The second-order valence-corrected chi connectivity index (χ2v) is 7.83. The van der Waals surface area contributed by atoms with Crippen molar-refractivity contribution in [3.63, 3.8) is 0 Å². The van der Waals surface area contributed by atoms with Gasteiger partial charge in [-0.3, -0.25) is 9.59 Å². The monoisotopic (exact) mass is 432 g/mol. The molecule has 162 valence electrons. The van der Waals surface area contributed by atoms with Gasteiger partial charge in [-0.25, -0.2) is 4.39 Å². The second-order valence-electron chi connectivity index (χ2n) is 7.83. The number of rotatable bonds is 6. The standard InChI is InChI=1S/C25H21FN2O4/c26-19-8-6-17(7-9-19)21(28-14-18-3-1-2-4-20(18)25(28)30)12-24(29)27-13-16-5-10-22-23(11-16)32-15-31-22/h1-11,21H,12-15H2,(H,27,29). The van der Waals surface area contributed by atoms with Crippen LogP contribution >= 0.6 is 0 Å². The first-order valence-electron chi connectivity index (χ1n) is 10.4. The van der Waals surface area contributed by atoms with Crippen LogP contribution in [0.3, 0.4) is 0 Å². The van der Waals surface area contributed by atoms with Gasteiger partial charge in [-0.2, -0.15) is 0 Å². The molecule has 1 unspecified atom stereocenters.